The Morgan fingerprint density at radius 1 is 1.08 bits per heavy atom. The molecule has 0 atom stereocenters. The van der Waals surface area contributed by atoms with E-state index in [1.54, 1.807) is 12.1 Å². The van der Waals surface area contributed by atoms with Crippen LogP contribution in [0.4, 0.5) is 0 Å². The van der Waals surface area contributed by atoms with Crippen LogP contribution in [0.2, 0.25) is 0 Å². The Morgan fingerprint density at radius 2 is 1.64 bits per heavy atom. The zero-order valence-corrected chi connectivity index (χ0v) is 15.9. The van der Waals surface area contributed by atoms with Gasteiger partial charge in [0.1, 0.15) is 0 Å². The van der Waals surface area contributed by atoms with Gasteiger partial charge in [-0.1, -0.05) is 17.7 Å². The van der Waals surface area contributed by atoms with E-state index in [0.717, 1.165) is 17.7 Å². The summed E-state index contributed by atoms with van der Waals surface area (Å²) in [5.41, 5.74) is 4.23. The molecule has 0 saturated heterocycles. The molecule has 0 heterocycles. The maximum Gasteiger partial charge on any atom is 0.336 e. The van der Waals surface area contributed by atoms with Gasteiger partial charge in [-0.05, 0) is 14.1 Å². The fraction of sp³-hybridized carbons (Fsp3) is 0.190. The smallest absolute Gasteiger partial charge is 0.336 e. The molecule has 3 aromatic carbocycles. The molecule has 0 aliphatic carbocycles. The van der Waals surface area contributed by atoms with Gasteiger partial charge in [-0.3, -0.25) is 0 Å². The van der Waals surface area contributed by atoms with E-state index in [0.29, 0.717) is 5.56 Å². The number of ether oxygens (including phenoxy) is 1. The number of rotatable bonds is 4. The molecule has 0 aliphatic heterocycles. The van der Waals surface area contributed by atoms with Crippen LogP contribution in [0.5, 0.6) is 0 Å². The fourth-order valence-electron chi connectivity index (χ4n) is 2.37. The first-order valence-electron chi connectivity index (χ1n) is 7.86. The van der Waals surface area contributed by atoms with Crippen LogP contribution in [0.15, 0.2) is 72.8 Å². The zero-order valence-electron chi connectivity index (χ0n) is 14.8. The molecule has 3 nitrogen and oxygen atoms in total. The summed E-state index contributed by atoms with van der Waals surface area (Å²) in [6.07, 6.45) is 0. The Hall–Kier alpha value is -2.13. The normalized spacial score (nSPS) is 9.76. The first-order valence-corrected chi connectivity index (χ1v) is 7.86. The SMILES string of the molecule is CN(C)C[c-]1[cH-][cH-][cH-][cH-]1.COC(=O)c1ccc(-[c-]2cccc2)cc1.[Fe]. The second-order valence-corrected chi connectivity index (χ2v) is 5.77. The van der Waals surface area contributed by atoms with Crippen LogP contribution in [-0.4, -0.2) is 32.1 Å². The van der Waals surface area contributed by atoms with Crippen molar-refractivity contribution in [3.8, 4) is 11.1 Å². The molecule has 0 unspecified atom stereocenters. The third kappa shape index (κ3) is 6.71. The second-order valence-electron chi connectivity index (χ2n) is 5.77. The summed E-state index contributed by atoms with van der Waals surface area (Å²) in [5.74, 6) is -0.302. The molecule has 0 saturated carbocycles. The number of hydrogen-bond donors (Lipinski definition) is 0. The van der Waals surface area contributed by atoms with Crippen molar-refractivity contribution in [2.45, 2.75) is 6.54 Å². The summed E-state index contributed by atoms with van der Waals surface area (Å²) in [6.45, 7) is 1.05. The number of carbonyl (C=O) groups excluding carboxylic acids is 1. The van der Waals surface area contributed by atoms with Crippen LogP contribution in [-0.2, 0) is 28.4 Å². The molecule has 0 fully saturated rings. The minimum absolute atomic E-state index is 0. The van der Waals surface area contributed by atoms with Gasteiger partial charge >= 0.3 is 5.97 Å². The number of esters is 1. The van der Waals surface area contributed by atoms with Gasteiger partial charge in [-0.25, -0.2) is 4.79 Å². The van der Waals surface area contributed by atoms with Gasteiger partial charge in [-0.15, -0.1) is 29.8 Å². The first kappa shape index (κ1) is 20.9. The molecular weight excluding hydrogens is 354 g/mol. The molecule has 0 radical (unpaired) electrons. The summed E-state index contributed by atoms with van der Waals surface area (Å²) in [7, 11) is 5.54. The second kappa shape index (κ2) is 10.7. The van der Waals surface area contributed by atoms with Crippen molar-refractivity contribution in [3.63, 3.8) is 0 Å². The van der Waals surface area contributed by atoms with Gasteiger partial charge in [0, 0.05) is 22.6 Å². The number of methoxy groups -OCH3 is 1. The number of nitrogens with zero attached hydrogens (tertiary/aromatic N) is 1. The van der Waals surface area contributed by atoms with E-state index in [-0.39, 0.29) is 23.0 Å². The maximum absolute atomic E-state index is 11.2. The van der Waals surface area contributed by atoms with Crippen molar-refractivity contribution in [1.29, 1.82) is 0 Å². The molecule has 3 aromatic rings. The fourth-order valence-corrected chi connectivity index (χ4v) is 2.37. The molecule has 0 aromatic heterocycles. The quantitative estimate of drug-likeness (QED) is 0.385. The molecule has 0 aliphatic rings. The van der Waals surface area contributed by atoms with Crippen molar-refractivity contribution in [2.75, 3.05) is 21.2 Å². The third-order valence-electron chi connectivity index (χ3n) is 3.53. The molecule has 0 amide bonds. The van der Waals surface area contributed by atoms with Crippen LogP contribution < -0.4 is 0 Å². The van der Waals surface area contributed by atoms with E-state index in [1.165, 1.54) is 12.7 Å². The molecule has 25 heavy (non-hydrogen) atoms. The summed E-state index contributed by atoms with van der Waals surface area (Å²) in [5, 5.41) is 0. The molecule has 0 bridgehead atoms. The minimum Gasteiger partial charge on any atom is -0.748 e. The predicted octanol–water partition coefficient (Wildman–Crippen LogP) is 4.32. The molecule has 3 rings (SSSR count). The zero-order chi connectivity index (χ0) is 17.4. The van der Waals surface area contributed by atoms with Crippen LogP contribution in [0.1, 0.15) is 15.9 Å². The van der Waals surface area contributed by atoms with Crippen LogP contribution in [0.25, 0.3) is 11.1 Å². The van der Waals surface area contributed by atoms with Crippen molar-refractivity contribution >= 4 is 5.97 Å². The molecular formula is C21H23FeNO2-6. The van der Waals surface area contributed by atoms with Gasteiger partial charge in [0.25, 0.3) is 0 Å². The number of hydrogen-bond acceptors (Lipinski definition) is 3. The standard InChI is InChI=1S/C13H11O2.C8H12N.Fe/c1-15-13(14)12-8-6-11(7-9-12)10-4-2-3-5-10;1-9(2)7-8-5-3-4-6-8;/h2-9H,1H3;3-6H,7H2,1-2H3;/q-1;-5;. The number of benzene rings is 1. The van der Waals surface area contributed by atoms with E-state index < -0.39 is 0 Å². The Labute approximate surface area is 160 Å². The average Bonchev–Trinajstić information content (AvgIpc) is 3.28. The van der Waals surface area contributed by atoms with Crippen molar-refractivity contribution in [1.82, 2.24) is 4.90 Å². The van der Waals surface area contributed by atoms with E-state index >= 15 is 0 Å². The summed E-state index contributed by atoms with van der Waals surface area (Å²) in [4.78, 5) is 13.4. The Bertz CT molecular complexity index is 714. The maximum atomic E-state index is 11.2. The van der Waals surface area contributed by atoms with Gasteiger partial charge in [-0.2, -0.15) is 18.7 Å². The van der Waals surface area contributed by atoms with Gasteiger partial charge in [0.05, 0.1) is 7.11 Å². The molecule has 4 heteroatoms. The molecule has 138 valence electrons. The topological polar surface area (TPSA) is 29.5 Å². The van der Waals surface area contributed by atoms with Gasteiger partial charge in [0.2, 0.25) is 0 Å². The van der Waals surface area contributed by atoms with E-state index in [4.69, 9.17) is 0 Å². The summed E-state index contributed by atoms with van der Waals surface area (Å²) >= 11 is 0. The minimum atomic E-state index is -0.302. The molecule has 0 spiro atoms. The number of carbonyl (C=O) groups is 1. The third-order valence-corrected chi connectivity index (χ3v) is 3.53. The summed E-state index contributed by atoms with van der Waals surface area (Å²) in [6, 6.07) is 23.8. The van der Waals surface area contributed by atoms with Crippen LogP contribution in [0.3, 0.4) is 0 Å². The average molecular weight is 377 g/mol. The van der Waals surface area contributed by atoms with E-state index in [2.05, 4.69) is 48.0 Å². The first-order chi connectivity index (χ1) is 11.6. The predicted molar refractivity (Wildman–Crippen MR) is 98.2 cm³/mol. The van der Waals surface area contributed by atoms with E-state index in [9.17, 15) is 4.79 Å². The Balaban J connectivity index is 0.000000270. The van der Waals surface area contributed by atoms with Gasteiger partial charge in [0.15, 0.2) is 0 Å². The van der Waals surface area contributed by atoms with Crippen molar-refractivity contribution in [2.24, 2.45) is 0 Å². The van der Waals surface area contributed by atoms with Crippen LogP contribution in [0, 0.1) is 0 Å². The Morgan fingerprint density at radius 3 is 2.12 bits per heavy atom. The Kier molecular flexibility index (Phi) is 8.93. The van der Waals surface area contributed by atoms with E-state index in [1.807, 2.05) is 36.4 Å². The van der Waals surface area contributed by atoms with Crippen LogP contribution >= 0.6 is 0 Å². The van der Waals surface area contributed by atoms with Crippen molar-refractivity contribution < 1.29 is 26.6 Å². The monoisotopic (exact) mass is 377 g/mol. The van der Waals surface area contributed by atoms with Crippen molar-refractivity contribution in [3.05, 3.63) is 83.9 Å². The summed E-state index contributed by atoms with van der Waals surface area (Å²) < 4.78 is 4.63. The van der Waals surface area contributed by atoms with Gasteiger partial charge < -0.3 is 39.5 Å². The largest absolute Gasteiger partial charge is 0.748 e. The molecule has 0 N–H and O–H groups in total.